The lowest BCUT2D eigenvalue weighted by Gasteiger charge is -2.26. The summed E-state index contributed by atoms with van der Waals surface area (Å²) in [5, 5.41) is 15.1. The van der Waals surface area contributed by atoms with Crippen LogP contribution in [-0.2, 0) is 9.53 Å². The average molecular weight is 328 g/mol. The highest BCUT2D eigenvalue weighted by atomic mass is 16.5. The zero-order valence-electron chi connectivity index (χ0n) is 14.0. The van der Waals surface area contributed by atoms with Gasteiger partial charge in [0.2, 0.25) is 0 Å². The molecule has 1 aliphatic rings. The third-order valence-corrected chi connectivity index (χ3v) is 3.93. The van der Waals surface area contributed by atoms with Crippen LogP contribution in [0.25, 0.3) is 0 Å². The minimum Gasteiger partial charge on any atom is -0.388 e. The minimum atomic E-state index is -0.368. The Hall–Kier alpha value is -2.36. The van der Waals surface area contributed by atoms with E-state index in [4.69, 9.17) is 4.74 Å². The number of nitrogens with one attached hydrogen (secondary N) is 2. The highest BCUT2D eigenvalue weighted by molar-refractivity contribution is 5.97. The molecule has 1 aliphatic heterocycles. The molecule has 1 fully saturated rings. The number of nitrogens with zero attached hydrogens (tertiary/aromatic N) is 2. The molecule has 6 nitrogen and oxygen atoms in total. The Balaban J connectivity index is 1.78. The summed E-state index contributed by atoms with van der Waals surface area (Å²) in [6, 6.07) is 11.5. The first kappa shape index (κ1) is 18.0. The van der Waals surface area contributed by atoms with Crippen LogP contribution in [0.1, 0.15) is 18.5 Å². The smallest absolute Gasteiger partial charge is 0.263 e. The first-order valence-electron chi connectivity index (χ1n) is 8.20. The van der Waals surface area contributed by atoms with E-state index < -0.39 is 0 Å². The molecule has 2 N–H and O–H groups in total. The largest absolute Gasteiger partial charge is 0.388 e. The van der Waals surface area contributed by atoms with Crippen molar-refractivity contribution in [2.24, 2.45) is 0 Å². The number of amides is 1. The Morgan fingerprint density at radius 1 is 1.38 bits per heavy atom. The van der Waals surface area contributed by atoms with Crippen molar-refractivity contribution in [2.75, 3.05) is 39.4 Å². The van der Waals surface area contributed by atoms with Crippen molar-refractivity contribution in [3.63, 3.8) is 0 Å². The van der Waals surface area contributed by atoms with Crippen LogP contribution in [0.5, 0.6) is 0 Å². The second kappa shape index (κ2) is 9.71. The molecule has 1 saturated heterocycles. The molecule has 6 heteroatoms. The van der Waals surface area contributed by atoms with Gasteiger partial charge in [-0.3, -0.25) is 9.69 Å². The van der Waals surface area contributed by atoms with Gasteiger partial charge < -0.3 is 15.4 Å². The molecule has 24 heavy (non-hydrogen) atoms. The number of carbonyl (C=O) groups excluding carboxylic acids is 1. The summed E-state index contributed by atoms with van der Waals surface area (Å²) in [6.07, 6.45) is 1.49. The second-order valence-corrected chi connectivity index (χ2v) is 5.68. The molecule has 2 rings (SSSR count). The van der Waals surface area contributed by atoms with E-state index in [2.05, 4.69) is 15.5 Å². The lowest BCUT2D eigenvalue weighted by atomic mass is 10.1. The van der Waals surface area contributed by atoms with Gasteiger partial charge >= 0.3 is 0 Å². The second-order valence-electron chi connectivity index (χ2n) is 5.68. The normalized spacial score (nSPS) is 16.9. The Labute approximate surface area is 143 Å². The predicted octanol–water partition coefficient (Wildman–Crippen LogP) is 1.19. The van der Waals surface area contributed by atoms with E-state index >= 15 is 0 Å². The van der Waals surface area contributed by atoms with Gasteiger partial charge in [-0.2, -0.15) is 5.26 Å². The maximum Gasteiger partial charge on any atom is 0.263 e. The van der Waals surface area contributed by atoms with E-state index in [0.29, 0.717) is 6.54 Å². The summed E-state index contributed by atoms with van der Waals surface area (Å²) >= 11 is 0. The number of ether oxygens (including phenoxy) is 1. The molecule has 0 spiro atoms. The van der Waals surface area contributed by atoms with Crippen LogP contribution in [0.2, 0.25) is 0 Å². The number of morpholine rings is 1. The van der Waals surface area contributed by atoms with Crippen molar-refractivity contribution in [2.45, 2.75) is 13.0 Å². The molecule has 0 radical (unpaired) electrons. The van der Waals surface area contributed by atoms with Gasteiger partial charge in [-0.25, -0.2) is 0 Å². The van der Waals surface area contributed by atoms with E-state index in [1.54, 1.807) is 0 Å². The first-order valence-corrected chi connectivity index (χ1v) is 8.20. The van der Waals surface area contributed by atoms with Gasteiger partial charge in [0.05, 0.1) is 19.3 Å². The fourth-order valence-electron chi connectivity index (χ4n) is 2.47. The lowest BCUT2D eigenvalue weighted by molar-refractivity contribution is -0.117. The van der Waals surface area contributed by atoms with Crippen molar-refractivity contribution in [1.29, 1.82) is 5.26 Å². The fourth-order valence-corrected chi connectivity index (χ4v) is 2.47. The lowest BCUT2D eigenvalue weighted by Crippen LogP contribution is -2.39. The third-order valence-electron chi connectivity index (χ3n) is 3.93. The van der Waals surface area contributed by atoms with Gasteiger partial charge in [0.15, 0.2) is 0 Å². The molecular formula is C18H24N4O2. The van der Waals surface area contributed by atoms with Gasteiger partial charge in [0.25, 0.3) is 5.91 Å². The summed E-state index contributed by atoms with van der Waals surface area (Å²) < 4.78 is 5.30. The van der Waals surface area contributed by atoms with Crippen molar-refractivity contribution < 1.29 is 9.53 Å². The molecule has 0 aliphatic carbocycles. The van der Waals surface area contributed by atoms with E-state index in [9.17, 15) is 10.1 Å². The summed E-state index contributed by atoms with van der Waals surface area (Å²) in [4.78, 5) is 14.5. The Morgan fingerprint density at radius 3 is 2.75 bits per heavy atom. The van der Waals surface area contributed by atoms with Gasteiger partial charge in [-0.05, 0) is 12.5 Å². The standard InChI is InChI=1S/C18H24N4O2/c1-15(16-5-3-2-4-6-16)21-18(23)17(13-19)14-20-7-8-22-9-11-24-12-10-22/h2-6,14-15,20H,7-12H2,1H3,(H,21,23)/b17-14-. The van der Waals surface area contributed by atoms with E-state index in [1.807, 2.05) is 43.3 Å². The van der Waals surface area contributed by atoms with Gasteiger partial charge in [-0.1, -0.05) is 30.3 Å². The van der Waals surface area contributed by atoms with E-state index in [1.165, 1.54) is 6.20 Å². The van der Waals surface area contributed by atoms with Crippen molar-refractivity contribution in [3.05, 3.63) is 47.7 Å². The molecule has 1 unspecified atom stereocenters. The van der Waals surface area contributed by atoms with Gasteiger partial charge in [-0.15, -0.1) is 0 Å². The quantitative estimate of drug-likeness (QED) is 0.447. The summed E-state index contributed by atoms with van der Waals surface area (Å²) in [7, 11) is 0. The van der Waals surface area contributed by atoms with Gasteiger partial charge in [0.1, 0.15) is 11.6 Å². The maximum absolute atomic E-state index is 12.2. The molecule has 1 aromatic carbocycles. The molecule has 0 bridgehead atoms. The Bertz CT molecular complexity index is 589. The molecule has 0 aromatic heterocycles. The van der Waals surface area contributed by atoms with Crippen molar-refractivity contribution in [1.82, 2.24) is 15.5 Å². The Kier molecular flexibility index (Phi) is 7.27. The summed E-state index contributed by atoms with van der Waals surface area (Å²) in [5.41, 5.74) is 1.09. The Morgan fingerprint density at radius 2 is 2.08 bits per heavy atom. The third kappa shape index (κ3) is 5.69. The number of rotatable bonds is 7. The topological polar surface area (TPSA) is 77.4 Å². The minimum absolute atomic E-state index is 0.0831. The molecular weight excluding hydrogens is 304 g/mol. The van der Waals surface area contributed by atoms with E-state index in [-0.39, 0.29) is 17.5 Å². The fraction of sp³-hybridized carbons (Fsp3) is 0.444. The van der Waals surface area contributed by atoms with E-state index in [0.717, 1.165) is 38.4 Å². The van der Waals surface area contributed by atoms with Crippen LogP contribution in [0.15, 0.2) is 42.1 Å². The number of hydrogen-bond donors (Lipinski definition) is 2. The molecule has 128 valence electrons. The molecule has 1 atom stereocenters. The zero-order valence-corrected chi connectivity index (χ0v) is 14.0. The average Bonchev–Trinajstić information content (AvgIpc) is 2.63. The summed E-state index contributed by atoms with van der Waals surface area (Å²) in [5.74, 6) is -0.368. The van der Waals surface area contributed by atoms with Crippen LogP contribution < -0.4 is 10.6 Å². The van der Waals surface area contributed by atoms with Crippen LogP contribution in [0.4, 0.5) is 0 Å². The number of hydrogen-bond acceptors (Lipinski definition) is 5. The highest BCUT2D eigenvalue weighted by Crippen LogP contribution is 2.11. The first-order chi connectivity index (χ1) is 11.7. The number of carbonyl (C=O) groups is 1. The molecule has 1 aromatic rings. The van der Waals surface area contributed by atoms with Crippen molar-refractivity contribution in [3.8, 4) is 6.07 Å². The zero-order chi connectivity index (χ0) is 17.2. The van der Waals surface area contributed by atoms with Crippen LogP contribution in [0.3, 0.4) is 0 Å². The molecule has 1 amide bonds. The SMILES string of the molecule is CC(NC(=O)/C(C#N)=C\NCCN1CCOCC1)c1ccccc1. The monoisotopic (exact) mass is 328 g/mol. The predicted molar refractivity (Wildman–Crippen MR) is 92.0 cm³/mol. The number of nitriles is 1. The summed E-state index contributed by atoms with van der Waals surface area (Å²) in [6.45, 7) is 6.82. The van der Waals surface area contributed by atoms with Gasteiger partial charge in [0, 0.05) is 32.4 Å². The van der Waals surface area contributed by atoms with Crippen LogP contribution in [0, 0.1) is 11.3 Å². The van der Waals surface area contributed by atoms with Crippen LogP contribution in [-0.4, -0.2) is 50.2 Å². The molecule has 1 heterocycles. The number of benzene rings is 1. The maximum atomic E-state index is 12.2. The highest BCUT2D eigenvalue weighted by Gasteiger charge is 2.13. The molecule has 0 saturated carbocycles. The van der Waals surface area contributed by atoms with Crippen molar-refractivity contribution >= 4 is 5.91 Å². The van der Waals surface area contributed by atoms with Crippen LogP contribution >= 0.6 is 0 Å².